The Morgan fingerprint density at radius 1 is 1.45 bits per heavy atom. The van der Waals surface area contributed by atoms with Gasteiger partial charge in [0.25, 0.3) is 0 Å². The van der Waals surface area contributed by atoms with Crippen LogP contribution in [-0.2, 0) is 0 Å². The van der Waals surface area contributed by atoms with Gasteiger partial charge in [-0.3, -0.25) is 0 Å². The summed E-state index contributed by atoms with van der Waals surface area (Å²) in [5.41, 5.74) is 6.37. The zero-order chi connectivity index (χ0) is 14.1. The average Bonchev–Trinajstić information content (AvgIpc) is 2.71. The van der Waals surface area contributed by atoms with Crippen molar-refractivity contribution in [2.75, 3.05) is 24.1 Å². The maximum atomic E-state index is 13.8. The lowest BCUT2D eigenvalue weighted by molar-refractivity contribution is 0.470. The molecule has 2 aromatic rings. The van der Waals surface area contributed by atoms with Crippen LogP contribution in [0.25, 0.3) is 5.69 Å². The third kappa shape index (κ3) is 1.96. The molecule has 0 radical (unpaired) electrons. The molecule has 0 amide bonds. The molecule has 7 heteroatoms. The van der Waals surface area contributed by atoms with Crippen LogP contribution in [0.5, 0.6) is 0 Å². The highest BCUT2D eigenvalue weighted by Gasteiger charge is 2.23. The molecule has 0 saturated carbocycles. The largest absolute Gasteiger partial charge is 0.382 e. The molecule has 1 aromatic heterocycles. The Labute approximate surface area is 115 Å². The number of nitrogens with two attached hydrogens (primary N) is 1. The van der Waals surface area contributed by atoms with Gasteiger partial charge in [-0.15, -0.1) is 5.10 Å². The summed E-state index contributed by atoms with van der Waals surface area (Å²) >= 11 is 0. The van der Waals surface area contributed by atoms with Crippen molar-refractivity contribution in [3.05, 3.63) is 35.6 Å². The summed E-state index contributed by atoms with van der Waals surface area (Å²) in [5.74, 6) is 0.0789. The molecule has 1 fully saturated rings. The van der Waals surface area contributed by atoms with Crippen molar-refractivity contribution in [2.45, 2.75) is 6.04 Å². The summed E-state index contributed by atoms with van der Waals surface area (Å²) in [6, 6.07) is 8.39. The first kappa shape index (κ1) is 12.4. The van der Waals surface area contributed by atoms with Crippen molar-refractivity contribution in [3.63, 3.8) is 0 Å². The van der Waals surface area contributed by atoms with Gasteiger partial charge in [-0.05, 0) is 12.1 Å². The third-order valence-corrected chi connectivity index (χ3v) is 3.24. The van der Waals surface area contributed by atoms with Crippen LogP contribution >= 0.6 is 0 Å². The van der Waals surface area contributed by atoms with E-state index in [0.717, 1.165) is 13.1 Å². The zero-order valence-electron chi connectivity index (χ0n) is 10.6. The summed E-state index contributed by atoms with van der Waals surface area (Å²) in [6.45, 7) is 1.61. The lowest BCUT2D eigenvalue weighted by Gasteiger charge is -2.27. The molecule has 6 nitrogen and oxygen atoms in total. The second-order valence-corrected chi connectivity index (χ2v) is 4.58. The minimum absolute atomic E-state index is 0.132. The van der Waals surface area contributed by atoms with Crippen LogP contribution in [0.1, 0.15) is 5.56 Å². The summed E-state index contributed by atoms with van der Waals surface area (Å²) in [5, 5.41) is 19.7. The van der Waals surface area contributed by atoms with Gasteiger partial charge in [0, 0.05) is 13.1 Å². The molecule has 2 heterocycles. The molecule has 102 valence electrons. The number of hydrogen-bond donors (Lipinski definition) is 3. The number of nitriles is 1. The minimum atomic E-state index is -0.442. The zero-order valence-corrected chi connectivity index (χ0v) is 10.6. The van der Waals surface area contributed by atoms with Crippen molar-refractivity contribution in [1.29, 1.82) is 5.26 Å². The molecule has 0 bridgehead atoms. The molecule has 0 aliphatic carbocycles. The number of benzene rings is 1. The van der Waals surface area contributed by atoms with Crippen LogP contribution < -0.4 is 16.4 Å². The maximum Gasteiger partial charge on any atom is 0.169 e. The Bertz CT molecular complexity index is 683. The van der Waals surface area contributed by atoms with Gasteiger partial charge in [0.1, 0.15) is 29.0 Å². The van der Waals surface area contributed by atoms with E-state index in [2.05, 4.69) is 15.7 Å². The van der Waals surface area contributed by atoms with Crippen molar-refractivity contribution < 1.29 is 4.39 Å². The molecule has 1 aliphatic rings. The Kier molecular flexibility index (Phi) is 3.00. The van der Waals surface area contributed by atoms with E-state index in [9.17, 15) is 9.65 Å². The van der Waals surface area contributed by atoms with Crippen molar-refractivity contribution in [2.24, 2.45) is 0 Å². The van der Waals surface area contributed by atoms with Crippen LogP contribution in [0.3, 0.4) is 0 Å². The molecule has 0 unspecified atom stereocenters. The molecule has 0 spiro atoms. The van der Waals surface area contributed by atoms with E-state index in [4.69, 9.17) is 5.73 Å². The summed E-state index contributed by atoms with van der Waals surface area (Å²) in [6.07, 6.45) is 0. The number of hydrogen-bond acceptors (Lipinski definition) is 5. The SMILES string of the molecule is N#Cc1c(NC2CNC2)nn(-c2ccccc2F)c1N. The smallest absolute Gasteiger partial charge is 0.169 e. The first-order valence-corrected chi connectivity index (χ1v) is 6.21. The molecule has 3 rings (SSSR count). The van der Waals surface area contributed by atoms with Gasteiger partial charge in [0.05, 0.1) is 6.04 Å². The van der Waals surface area contributed by atoms with Crippen LogP contribution in [0, 0.1) is 17.1 Å². The number of anilines is 2. The van der Waals surface area contributed by atoms with Crippen molar-refractivity contribution >= 4 is 11.6 Å². The third-order valence-electron chi connectivity index (χ3n) is 3.24. The number of aromatic nitrogens is 2. The minimum Gasteiger partial charge on any atom is -0.382 e. The molecular formula is C13H13FN6. The molecule has 0 atom stereocenters. The van der Waals surface area contributed by atoms with E-state index in [1.165, 1.54) is 10.7 Å². The molecule has 1 saturated heterocycles. The molecule has 20 heavy (non-hydrogen) atoms. The first-order valence-electron chi connectivity index (χ1n) is 6.21. The second-order valence-electron chi connectivity index (χ2n) is 4.58. The topological polar surface area (TPSA) is 91.7 Å². The number of rotatable bonds is 3. The van der Waals surface area contributed by atoms with Gasteiger partial charge in [0.2, 0.25) is 0 Å². The number of nitrogens with zero attached hydrogens (tertiary/aromatic N) is 3. The Balaban J connectivity index is 2.04. The second kappa shape index (κ2) is 4.83. The number of nitrogens with one attached hydrogen (secondary N) is 2. The Morgan fingerprint density at radius 2 is 2.20 bits per heavy atom. The normalized spacial score (nSPS) is 14.6. The molecule has 1 aliphatic heterocycles. The fourth-order valence-corrected chi connectivity index (χ4v) is 2.03. The van der Waals surface area contributed by atoms with Crippen molar-refractivity contribution in [3.8, 4) is 11.8 Å². The Morgan fingerprint density at radius 3 is 2.80 bits per heavy atom. The summed E-state index contributed by atoms with van der Waals surface area (Å²) < 4.78 is 15.1. The number of nitrogen functional groups attached to an aromatic ring is 1. The predicted molar refractivity (Wildman–Crippen MR) is 72.9 cm³/mol. The lowest BCUT2D eigenvalue weighted by atomic mass is 10.2. The highest BCUT2D eigenvalue weighted by molar-refractivity contribution is 5.66. The maximum absolute atomic E-state index is 13.8. The standard InChI is InChI=1S/C13H13FN6/c14-10-3-1-2-4-11(10)20-12(16)9(5-15)13(19-20)18-8-6-17-7-8/h1-4,8,17H,6-7,16H2,(H,18,19). The predicted octanol–water partition coefficient (Wildman–Crippen LogP) is 0.849. The van der Waals surface area contributed by atoms with Crippen LogP contribution in [0.2, 0.25) is 0 Å². The first-order chi connectivity index (χ1) is 9.70. The average molecular weight is 272 g/mol. The monoisotopic (exact) mass is 272 g/mol. The van der Waals surface area contributed by atoms with Gasteiger partial charge >= 0.3 is 0 Å². The van der Waals surface area contributed by atoms with Gasteiger partial charge in [0.15, 0.2) is 5.82 Å². The highest BCUT2D eigenvalue weighted by atomic mass is 19.1. The van der Waals surface area contributed by atoms with Crippen LogP contribution in [0.15, 0.2) is 24.3 Å². The van der Waals surface area contributed by atoms with E-state index in [1.54, 1.807) is 18.2 Å². The molecule has 4 N–H and O–H groups in total. The summed E-state index contributed by atoms with van der Waals surface area (Å²) in [7, 11) is 0. The number of para-hydroxylation sites is 1. The Hall–Kier alpha value is -2.59. The van der Waals surface area contributed by atoms with Gasteiger partial charge in [-0.25, -0.2) is 9.07 Å². The van der Waals surface area contributed by atoms with Gasteiger partial charge in [-0.1, -0.05) is 12.1 Å². The van der Waals surface area contributed by atoms with E-state index in [1.807, 2.05) is 6.07 Å². The van der Waals surface area contributed by atoms with E-state index >= 15 is 0 Å². The van der Waals surface area contributed by atoms with Gasteiger partial charge < -0.3 is 16.4 Å². The fraction of sp³-hybridized carbons (Fsp3) is 0.231. The lowest BCUT2D eigenvalue weighted by Crippen LogP contribution is -2.51. The van der Waals surface area contributed by atoms with Crippen molar-refractivity contribution in [1.82, 2.24) is 15.1 Å². The van der Waals surface area contributed by atoms with Gasteiger partial charge in [-0.2, -0.15) is 5.26 Å². The van der Waals surface area contributed by atoms with E-state index in [-0.39, 0.29) is 23.1 Å². The van der Waals surface area contributed by atoms with Crippen LogP contribution in [0.4, 0.5) is 16.0 Å². The molecule has 1 aromatic carbocycles. The number of halogens is 1. The van der Waals surface area contributed by atoms with E-state index < -0.39 is 5.82 Å². The fourth-order valence-electron chi connectivity index (χ4n) is 2.03. The summed E-state index contributed by atoms with van der Waals surface area (Å²) in [4.78, 5) is 0. The van der Waals surface area contributed by atoms with Crippen LogP contribution in [-0.4, -0.2) is 28.9 Å². The van der Waals surface area contributed by atoms with E-state index in [0.29, 0.717) is 5.82 Å². The quantitative estimate of drug-likeness (QED) is 0.770. The molecular weight excluding hydrogens is 259 g/mol. The highest BCUT2D eigenvalue weighted by Crippen LogP contribution is 2.26.